The first-order valence-corrected chi connectivity index (χ1v) is 3.80. The fourth-order valence-electron chi connectivity index (χ4n) is 0.760. The van der Waals surface area contributed by atoms with Gasteiger partial charge in [0.25, 0.3) is 0 Å². The maximum Gasteiger partial charge on any atom is 0.160 e. The van der Waals surface area contributed by atoms with Gasteiger partial charge in [-0.3, -0.25) is 0 Å². The van der Waals surface area contributed by atoms with E-state index in [1.807, 2.05) is 0 Å². The zero-order valence-electron chi connectivity index (χ0n) is 5.66. The number of rotatable bonds is 1. The molecule has 0 atom stereocenters. The Bertz CT molecular complexity index is 257. The molecule has 11 heavy (non-hydrogen) atoms. The van der Waals surface area contributed by atoms with Crippen molar-refractivity contribution >= 4 is 23.8 Å². The summed E-state index contributed by atoms with van der Waals surface area (Å²) >= 11 is 3.13. The van der Waals surface area contributed by atoms with E-state index in [-0.39, 0.29) is 5.56 Å². The van der Waals surface area contributed by atoms with Crippen LogP contribution in [0.1, 0.15) is 5.56 Å². The molecule has 0 aliphatic heterocycles. The molecular weight excluding hydrogens is 207 g/mol. The third kappa shape index (κ3) is 2.05. The fourth-order valence-corrected chi connectivity index (χ4v) is 1.34. The maximum atomic E-state index is 8.97. The molecule has 2 nitrogen and oxygen atoms in total. The quantitative estimate of drug-likeness (QED) is 0.532. The molecule has 0 amide bonds. The minimum absolute atomic E-state index is 0.250. The molecule has 0 bridgehead atoms. The van der Waals surface area contributed by atoms with Gasteiger partial charge in [-0.2, -0.15) is 0 Å². The van der Waals surface area contributed by atoms with E-state index in [4.69, 9.17) is 18.1 Å². The fraction of sp³-hybridized carbons (Fsp3) is 0.143. The highest BCUT2D eigenvalue weighted by molar-refractivity contribution is 9.10. The van der Waals surface area contributed by atoms with Gasteiger partial charge in [0.2, 0.25) is 0 Å². The van der Waals surface area contributed by atoms with E-state index in [0.717, 1.165) is 0 Å². The van der Waals surface area contributed by atoms with Crippen molar-refractivity contribution < 1.29 is 10.2 Å². The van der Waals surface area contributed by atoms with E-state index in [1.54, 1.807) is 18.2 Å². The highest BCUT2D eigenvalue weighted by Gasteiger charge is 2.19. The van der Waals surface area contributed by atoms with Crippen molar-refractivity contribution in [3.63, 3.8) is 0 Å². The van der Waals surface area contributed by atoms with Crippen LogP contribution < -0.4 is 0 Å². The van der Waals surface area contributed by atoms with Crippen molar-refractivity contribution in [2.24, 2.45) is 0 Å². The molecule has 0 aliphatic rings. The van der Waals surface area contributed by atoms with Crippen molar-refractivity contribution in [3.8, 4) is 0 Å². The van der Waals surface area contributed by atoms with Crippen LogP contribution >= 0.6 is 15.9 Å². The highest BCUT2D eigenvalue weighted by Crippen LogP contribution is 2.23. The molecule has 1 aromatic rings. The SMILES string of the molecule is [B]C(O)(O)c1ccccc1Br. The Labute approximate surface area is 74.4 Å². The molecule has 0 saturated heterocycles. The Morgan fingerprint density at radius 2 is 1.82 bits per heavy atom. The third-order valence-corrected chi connectivity index (χ3v) is 1.96. The molecule has 4 heteroatoms. The minimum Gasteiger partial charge on any atom is -0.371 e. The summed E-state index contributed by atoms with van der Waals surface area (Å²) in [6.07, 6.45) is 0. The summed E-state index contributed by atoms with van der Waals surface area (Å²) in [6.45, 7) is 0. The summed E-state index contributed by atoms with van der Waals surface area (Å²) in [4.78, 5) is 0. The zero-order chi connectivity index (χ0) is 8.48. The van der Waals surface area contributed by atoms with Gasteiger partial charge in [0, 0.05) is 10.0 Å². The summed E-state index contributed by atoms with van der Waals surface area (Å²) in [7, 11) is 5.04. The van der Waals surface area contributed by atoms with Gasteiger partial charge in [0.15, 0.2) is 7.85 Å². The summed E-state index contributed by atoms with van der Waals surface area (Å²) in [5.74, 6) is 0. The van der Waals surface area contributed by atoms with Crippen LogP contribution in [-0.4, -0.2) is 18.1 Å². The Balaban J connectivity index is 3.14. The minimum atomic E-state index is -2.26. The first-order chi connectivity index (χ1) is 5.02. The molecule has 1 rings (SSSR count). The Morgan fingerprint density at radius 1 is 1.27 bits per heavy atom. The number of hydrogen-bond acceptors (Lipinski definition) is 2. The second-order valence-electron chi connectivity index (χ2n) is 2.21. The monoisotopic (exact) mass is 212 g/mol. The zero-order valence-corrected chi connectivity index (χ0v) is 7.25. The molecular formula is C7H6BBrO2. The smallest absolute Gasteiger partial charge is 0.160 e. The number of aliphatic hydroxyl groups is 2. The van der Waals surface area contributed by atoms with Gasteiger partial charge in [0.05, 0.1) is 0 Å². The van der Waals surface area contributed by atoms with Crippen molar-refractivity contribution in [1.82, 2.24) is 0 Å². The van der Waals surface area contributed by atoms with Crippen LogP contribution in [0.4, 0.5) is 0 Å². The lowest BCUT2D eigenvalue weighted by atomic mass is 9.88. The lowest BCUT2D eigenvalue weighted by Gasteiger charge is -2.18. The van der Waals surface area contributed by atoms with Gasteiger partial charge >= 0.3 is 0 Å². The first kappa shape index (κ1) is 8.78. The highest BCUT2D eigenvalue weighted by atomic mass is 79.9. The lowest BCUT2D eigenvalue weighted by Crippen LogP contribution is -2.25. The number of halogens is 1. The van der Waals surface area contributed by atoms with Crippen LogP contribution in [0, 0.1) is 0 Å². The van der Waals surface area contributed by atoms with Crippen LogP contribution in [0.3, 0.4) is 0 Å². The Hall–Kier alpha value is -0.315. The molecule has 2 N–H and O–H groups in total. The average Bonchev–Trinajstić information content (AvgIpc) is 1.86. The maximum absolute atomic E-state index is 8.97. The molecule has 1 aromatic carbocycles. The lowest BCUT2D eigenvalue weighted by molar-refractivity contribution is -0.0915. The molecule has 0 fully saturated rings. The molecule has 2 radical (unpaired) electrons. The molecule has 0 unspecified atom stereocenters. The molecule has 0 spiro atoms. The van der Waals surface area contributed by atoms with Gasteiger partial charge < -0.3 is 10.2 Å². The third-order valence-electron chi connectivity index (χ3n) is 1.27. The van der Waals surface area contributed by atoms with Gasteiger partial charge in [-0.1, -0.05) is 34.1 Å². The molecule has 0 aromatic heterocycles. The predicted molar refractivity (Wildman–Crippen MR) is 46.0 cm³/mol. The van der Waals surface area contributed by atoms with Crippen molar-refractivity contribution in [2.75, 3.05) is 0 Å². The second kappa shape index (κ2) is 2.97. The first-order valence-electron chi connectivity index (χ1n) is 3.00. The standard InChI is InChI=1S/C7H6BBrO2/c8-7(10,11)5-3-1-2-4-6(5)9/h1-4,10-11H. The van der Waals surface area contributed by atoms with Crippen LogP contribution in [0.5, 0.6) is 0 Å². The van der Waals surface area contributed by atoms with Gasteiger partial charge in [-0.15, -0.1) is 0 Å². The second-order valence-corrected chi connectivity index (χ2v) is 3.06. The Morgan fingerprint density at radius 3 is 2.18 bits per heavy atom. The van der Waals surface area contributed by atoms with E-state index in [9.17, 15) is 0 Å². The summed E-state index contributed by atoms with van der Waals surface area (Å²) in [5.41, 5.74) is -2.01. The van der Waals surface area contributed by atoms with Crippen LogP contribution in [0.2, 0.25) is 0 Å². The molecule has 0 aliphatic carbocycles. The molecule has 0 saturated carbocycles. The van der Waals surface area contributed by atoms with Crippen LogP contribution in [-0.2, 0) is 5.69 Å². The molecule has 56 valence electrons. The predicted octanol–water partition coefficient (Wildman–Crippen LogP) is 0.713. The number of hydrogen-bond donors (Lipinski definition) is 2. The van der Waals surface area contributed by atoms with Gasteiger partial charge in [-0.25, -0.2) is 0 Å². The largest absolute Gasteiger partial charge is 0.371 e. The van der Waals surface area contributed by atoms with E-state index in [2.05, 4.69) is 15.9 Å². The van der Waals surface area contributed by atoms with Gasteiger partial charge in [0.1, 0.15) is 5.69 Å². The van der Waals surface area contributed by atoms with E-state index >= 15 is 0 Å². The topological polar surface area (TPSA) is 40.5 Å². The van der Waals surface area contributed by atoms with Crippen molar-refractivity contribution in [1.29, 1.82) is 0 Å². The molecule has 0 heterocycles. The van der Waals surface area contributed by atoms with Crippen molar-refractivity contribution in [2.45, 2.75) is 5.69 Å². The van der Waals surface area contributed by atoms with E-state index < -0.39 is 5.69 Å². The summed E-state index contributed by atoms with van der Waals surface area (Å²) in [5, 5.41) is 17.9. The van der Waals surface area contributed by atoms with Crippen LogP contribution in [0.25, 0.3) is 0 Å². The van der Waals surface area contributed by atoms with Crippen LogP contribution in [0.15, 0.2) is 28.7 Å². The van der Waals surface area contributed by atoms with Gasteiger partial charge in [-0.05, 0) is 6.07 Å². The number of benzene rings is 1. The van der Waals surface area contributed by atoms with E-state index in [0.29, 0.717) is 4.47 Å². The van der Waals surface area contributed by atoms with E-state index in [1.165, 1.54) is 6.07 Å². The Kier molecular flexibility index (Phi) is 2.37. The summed E-state index contributed by atoms with van der Waals surface area (Å²) in [6, 6.07) is 6.65. The normalized spacial score (nSPS) is 11.5. The summed E-state index contributed by atoms with van der Waals surface area (Å²) < 4.78 is 0.576. The average molecular weight is 213 g/mol. The van der Waals surface area contributed by atoms with Crippen molar-refractivity contribution in [3.05, 3.63) is 34.3 Å².